The first-order valence-electron chi connectivity index (χ1n) is 8.56. The molecule has 4 N–H and O–H groups in total. The molecule has 1 aliphatic rings. The van der Waals surface area contributed by atoms with Crippen molar-refractivity contribution in [3.05, 3.63) is 24.3 Å². The number of nitrogens with one attached hydrogen (secondary N) is 1. The topological polar surface area (TPSA) is 78.6 Å². The third-order valence-corrected chi connectivity index (χ3v) is 4.57. The van der Waals surface area contributed by atoms with Crippen LogP contribution in [0.1, 0.15) is 39.5 Å². The second-order valence-corrected chi connectivity index (χ2v) is 6.70. The number of piperidine rings is 1. The van der Waals surface area contributed by atoms with E-state index in [0.29, 0.717) is 11.7 Å². The third-order valence-electron chi connectivity index (χ3n) is 4.57. The van der Waals surface area contributed by atoms with Crippen LogP contribution in [0.5, 0.6) is 0 Å². The van der Waals surface area contributed by atoms with Crippen molar-refractivity contribution >= 4 is 17.3 Å². The average Bonchev–Trinajstić information content (AvgIpc) is 2.51. The highest BCUT2D eigenvalue weighted by Gasteiger charge is 2.34. The van der Waals surface area contributed by atoms with Gasteiger partial charge in [0.1, 0.15) is 0 Å². The lowest BCUT2D eigenvalue weighted by atomic mass is 9.92. The smallest absolute Gasteiger partial charge is 0.242 e. The van der Waals surface area contributed by atoms with Crippen LogP contribution in [0.2, 0.25) is 0 Å². The number of benzene rings is 1. The van der Waals surface area contributed by atoms with Gasteiger partial charge in [-0.25, -0.2) is 0 Å². The number of anilines is 2. The first-order valence-corrected chi connectivity index (χ1v) is 8.56. The highest BCUT2D eigenvalue weighted by Crippen LogP contribution is 2.26. The number of carbonyl (C=O) groups excluding carboxylic acids is 1. The minimum atomic E-state index is -0.176. The van der Waals surface area contributed by atoms with E-state index in [4.69, 9.17) is 5.73 Å². The summed E-state index contributed by atoms with van der Waals surface area (Å²) in [4.78, 5) is 15.1. The van der Waals surface area contributed by atoms with Crippen molar-refractivity contribution in [2.24, 2.45) is 5.92 Å². The molecule has 2 unspecified atom stereocenters. The molecular weight excluding hydrogens is 290 g/mol. The third kappa shape index (κ3) is 4.69. The number of likely N-dealkylation sites (tertiary alicyclic amines) is 1. The molecule has 1 fully saturated rings. The zero-order valence-electron chi connectivity index (χ0n) is 14.2. The van der Waals surface area contributed by atoms with Gasteiger partial charge in [-0.15, -0.1) is 0 Å². The first-order chi connectivity index (χ1) is 11.0. The molecule has 0 radical (unpaired) electrons. The highest BCUT2D eigenvalue weighted by atomic mass is 16.3. The number of aliphatic hydroxyl groups is 1. The van der Waals surface area contributed by atoms with Crippen molar-refractivity contribution in [3.63, 3.8) is 0 Å². The van der Waals surface area contributed by atoms with Gasteiger partial charge in [0.15, 0.2) is 0 Å². The fourth-order valence-corrected chi connectivity index (χ4v) is 3.47. The summed E-state index contributed by atoms with van der Waals surface area (Å²) in [6, 6.07) is 7.34. The molecule has 0 bridgehead atoms. The Morgan fingerprint density at radius 1 is 1.35 bits per heavy atom. The minimum absolute atomic E-state index is 0.0228. The molecule has 1 saturated heterocycles. The van der Waals surface area contributed by atoms with Crippen molar-refractivity contribution in [1.82, 2.24) is 4.90 Å². The molecule has 1 aromatic rings. The van der Waals surface area contributed by atoms with E-state index in [9.17, 15) is 9.90 Å². The first kappa shape index (κ1) is 17.8. The van der Waals surface area contributed by atoms with Gasteiger partial charge in [-0.05, 0) is 56.0 Å². The summed E-state index contributed by atoms with van der Waals surface area (Å²) >= 11 is 0. The van der Waals surface area contributed by atoms with Crippen molar-refractivity contribution in [3.8, 4) is 0 Å². The fraction of sp³-hybridized carbons (Fsp3) is 0.611. The Morgan fingerprint density at radius 2 is 2.04 bits per heavy atom. The van der Waals surface area contributed by atoms with Crippen LogP contribution in [-0.4, -0.2) is 41.1 Å². The van der Waals surface area contributed by atoms with E-state index in [2.05, 4.69) is 24.1 Å². The van der Waals surface area contributed by atoms with Crippen LogP contribution in [0.3, 0.4) is 0 Å². The SMILES string of the molecule is CC(C)C(C(=O)Nc1ccc(N)cc1)N1CCCCC1CCO. The van der Waals surface area contributed by atoms with E-state index in [1.807, 2.05) is 12.1 Å². The predicted molar refractivity (Wildman–Crippen MR) is 94.2 cm³/mol. The summed E-state index contributed by atoms with van der Waals surface area (Å²) in [5, 5.41) is 12.3. The summed E-state index contributed by atoms with van der Waals surface area (Å²) < 4.78 is 0. The Morgan fingerprint density at radius 3 is 2.65 bits per heavy atom. The number of nitrogens with zero attached hydrogens (tertiary/aromatic N) is 1. The zero-order valence-corrected chi connectivity index (χ0v) is 14.2. The number of aliphatic hydroxyl groups excluding tert-OH is 1. The van der Waals surface area contributed by atoms with Crippen LogP contribution >= 0.6 is 0 Å². The van der Waals surface area contributed by atoms with Crippen LogP contribution in [0.4, 0.5) is 11.4 Å². The maximum atomic E-state index is 12.8. The van der Waals surface area contributed by atoms with E-state index >= 15 is 0 Å². The molecule has 0 saturated carbocycles. The normalized spacial score (nSPS) is 20.4. The van der Waals surface area contributed by atoms with Gasteiger partial charge in [0.2, 0.25) is 5.91 Å². The van der Waals surface area contributed by atoms with Gasteiger partial charge in [0, 0.05) is 24.0 Å². The minimum Gasteiger partial charge on any atom is -0.399 e. The molecule has 1 amide bonds. The van der Waals surface area contributed by atoms with Gasteiger partial charge in [-0.1, -0.05) is 20.3 Å². The average molecular weight is 319 g/mol. The predicted octanol–water partition coefficient (Wildman–Crippen LogP) is 2.47. The van der Waals surface area contributed by atoms with E-state index in [1.54, 1.807) is 12.1 Å². The number of rotatable bonds is 6. The van der Waals surface area contributed by atoms with Gasteiger partial charge in [0.25, 0.3) is 0 Å². The molecule has 5 heteroatoms. The lowest BCUT2D eigenvalue weighted by Crippen LogP contribution is -2.54. The highest BCUT2D eigenvalue weighted by molar-refractivity contribution is 5.95. The standard InChI is InChI=1S/C18H29N3O2/c1-13(2)17(21-11-4-3-5-16(21)10-12-22)18(23)20-15-8-6-14(19)7-9-15/h6-9,13,16-17,22H,3-5,10-12,19H2,1-2H3,(H,20,23). The number of hydrogen-bond donors (Lipinski definition) is 3. The van der Waals surface area contributed by atoms with E-state index in [-0.39, 0.29) is 24.5 Å². The van der Waals surface area contributed by atoms with Crippen molar-refractivity contribution in [1.29, 1.82) is 0 Å². The Labute approximate surface area is 138 Å². The zero-order chi connectivity index (χ0) is 16.8. The number of carbonyl (C=O) groups is 1. The number of hydrogen-bond acceptors (Lipinski definition) is 4. The molecule has 2 atom stereocenters. The number of nitrogen functional groups attached to an aromatic ring is 1. The molecule has 128 valence electrons. The molecule has 23 heavy (non-hydrogen) atoms. The van der Waals surface area contributed by atoms with Gasteiger partial charge in [0.05, 0.1) is 6.04 Å². The summed E-state index contributed by atoms with van der Waals surface area (Å²) in [5.41, 5.74) is 7.14. The molecule has 1 aromatic carbocycles. The molecule has 1 aliphatic heterocycles. The Bertz CT molecular complexity index is 499. The van der Waals surface area contributed by atoms with E-state index < -0.39 is 0 Å². The van der Waals surface area contributed by atoms with Crippen LogP contribution in [0, 0.1) is 5.92 Å². The molecule has 2 rings (SSSR count). The lowest BCUT2D eigenvalue weighted by Gasteiger charge is -2.42. The van der Waals surface area contributed by atoms with Gasteiger partial charge in [-0.2, -0.15) is 0 Å². The fourth-order valence-electron chi connectivity index (χ4n) is 3.47. The van der Waals surface area contributed by atoms with Gasteiger partial charge in [-0.3, -0.25) is 9.69 Å². The van der Waals surface area contributed by atoms with Crippen LogP contribution in [0.25, 0.3) is 0 Å². The van der Waals surface area contributed by atoms with Gasteiger partial charge < -0.3 is 16.2 Å². The number of amides is 1. The van der Waals surface area contributed by atoms with Gasteiger partial charge >= 0.3 is 0 Å². The quantitative estimate of drug-likeness (QED) is 0.704. The van der Waals surface area contributed by atoms with Crippen LogP contribution in [0.15, 0.2) is 24.3 Å². The van der Waals surface area contributed by atoms with Crippen LogP contribution < -0.4 is 11.1 Å². The molecule has 0 aliphatic carbocycles. The summed E-state index contributed by atoms with van der Waals surface area (Å²) in [7, 11) is 0. The maximum Gasteiger partial charge on any atom is 0.242 e. The van der Waals surface area contributed by atoms with Crippen LogP contribution in [-0.2, 0) is 4.79 Å². The largest absolute Gasteiger partial charge is 0.399 e. The second kappa shape index (κ2) is 8.31. The summed E-state index contributed by atoms with van der Waals surface area (Å²) in [5.74, 6) is 0.234. The van der Waals surface area contributed by atoms with Crippen molar-refractivity contribution in [2.45, 2.75) is 51.6 Å². The molecule has 0 aromatic heterocycles. The van der Waals surface area contributed by atoms with E-state index in [1.165, 1.54) is 6.42 Å². The Hall–Kier alpha value is -1.59. The summed E-state index contributed by atoms with van der Waals surface area (Å²) in [6.07, 6.45) is 4.07. The van der Waals surface area contributed by atoms with Crippen molar-refractivity contribution < 1.29 is 9.90 Å². The molecule has 5 nitrogen and oxygen atoms in total. The Kier molecular flexibility index (Phi) is 6.42. The monoisotopic (exact) mass is 319 g/mol. The lowest BCUT2D eigenvalue weighted by molar-refractivity contribution is -0.124. The van der Waals surface area contributed by atoms with E-state index in [0.717, 1.165) is 31.5 Å². The maximum absolute atomic E-state index is 12.8. The molecule has 0 spiro atoms. The number of nitrogens with two attached hydrogens (primary N) is 1. The Balaban J connectivity index is 2.12. The second-order valence-electron chi connectivity index (χ2n) is 6.70. The molecular formula is C18H29N3O2. The molecule has 1 heterocycles. The van der Waals surface area contributed by atoms with Crippen molar-refractivity contribution in [2.75, 3.05) is 24.2 Å². The summed E-state index contributed by atoms with van der Waals surface area (Å²) in [6.45, 7) is 5.25.